The van der Waals surface area contributed by atoms with Crippen molar-refractivity contribution in [2.75, 3.05) is 12.4 Å². The normalized spacial score (nSPS) is 14.3. The minimum absolute atomic E-state index is 0.105. The fraction of sp³-hybridized carbons (Fsp3) is 0.111. The first kappa shape index (κ1) is 20.1. The van der Waals surface area contributed by atoms with E-state index in [2.05, 4.69) is 11.4 Å². The van der Waals surface area contributed by atoms with Gasteiger partial charge in [-0.25, -0.2) is 0 Å². The summed E-state index contributed by atoms with van der Waals surface area (Å²) >= 11 is 0. The fourth-order valence-corrected chi connectivity index (χ4v) is 4.26. The predicted octanol–water partition coefficient (Wildman–Crippen LogP) is 7.15. The molecule has 5 heteroatoms. The molecule has 0 aromatic heterocycles. The van der Waals surface area contributed by atoms with Gasteiger partial charge in [0, 0.05) is 23.9 Å². The lowest BCUT2D eigenvalue weighted by atomic mass is 9.86. The van der Waals surface area contributed by atoms with Gasteiger partial charge in [-0.2, -0.15) is 8.78 Å². The third-order valence-corrected chi connectivity index (χ3v) is 5.66. The Morgan fingerprint density at radius 2 is 1.62 bits per heavy atom. The molecule has 1 N–H and O–H groups in total. The van der Waals surface area contributed by atoms with E-state index in [0.29, 0.717) is 11.3 Å². The highest BCUT2D eigenvalue weighted by molar-refractivity contribution is 5.86. The topological polar surface area (TPSA) is 30.5 Å². The van der Waals surface area contributed by atoms with Crippen LogP contribution in [0.2, 0.25) is 0 Å². The van der Waals surface area contributed by atoms with Gasteiger partial charge >= 0.3 is 6.61 Å². The Morgan fingerprint density at radius 1 is 0.844 bits per heavy atom. The maximum absolute atomic E-state index is 13.1. The van der Waals surface area contributed by atoms with Gasteiger partial charge < -0.3 is 14.8 Å². The minimum Gasteiger partial charge on any atom is -0.480 e. The third kappa shape index (κ3) is 3.56. The largest absolute Gasteiger partial charge is 0.480 e. The van der Waals surface area contributed by atoms with E-state index in [4.69, 9.17) is 9.47 Å². The smallest absolute Gasteiger partial charge is 0.387 e. The van der Waals surface area contributed by atoms with Gasteiger partial charge in [0.2, 0.25) is 0 Å². The number of hydrogen-bond donors (Lipinski definition) is 1. The monoisotopic (exact) mass is 429 g/mol. The molecule has 0 radical (unpaired) electrons. The van der Waals surface area contributed by atoms with Crippen molar-refractivity contribution >= 4 is 5.69 Å². The van der Waals surface area contributed by atoms with E-state index in [1.807, 2.05) is 73.8 Å². The van der Waals surface area contributed by atoms with Crippen molar-refractivity contribution in [1.29, 1.82) is 0 Å². The average Bonchev–Trinajstić information content (AvgIpc) is 2.83. The minimum atomic E-state index is -2.92. The SMILES string of the molecule is CNc1ccccc1-c1ccc2c(c1)C(c1ccccc1)Oc1cccc(OC(F)F)c1-2. The molecule has 0 amide bonds. The first-order valence-corrected chi connectivity index (χ1v) is 10.4. The fourth-order valence-electron chi connectivity index (χ4n) is 4.26. The molecule has 0 fully saturated rings. The Morgan fingerprint density at radius 3 is 2.41 bits per heavy atom. The van der Waals surface area contributed by atoms with Gasteiger partial charge in [0.1, 0.15) is 17.6 Å². The molecular weight excluding hydrogens is 408 g/mol. The number of anilines is 1. The summed E-state index contributed by atoms with van der Waals surface area (Å²) in [6, 6.07) is 29.0. The molecule has 160 valence electrons. The van der Waals surface area contributed by atoms with Crippen molar-refractivity contribution in [3.05, 3.63) is 102 Å². The average molecular weight is 429 g/mol. The molecule has 1 unspecified atom stereocenters. The molecule has 0 saturated carbocycles. The Hall–Kier alpha value is -3.86. The van der Waals surface area contributed by atoms with Crippen LogP contribution < -0.4 is 14.8 Å². The molecule has 1 aliphatic heterocycles. The maximum Gasteiger partial charge on any atom is 0.387 e. The Labute approximate surface area is 185 Å². The van der Waals surface area contributed by atoms with E-state index in [-0.39, 0.29) is 11.9 Å². The first-order chi connectivity index (χ1) is 15.7. The zero-order valence-electron chi connectivity index (χ0n) is 17.4. The lowest BCUT2D eigenvalue weighted by molar-refractivity contribution is -0.0496. The van der Waals surface area contributed by atoms with Gasteiger partial charge in [-0.15, -0.1) is 0 Å². The zero-order chi connectivity index (χ0) is 22.1. The van der Waals surface area contributed by atoms with Crippen LogP contribution in [0.4, 0.5) is 14.5 Å². The van der Waals surface area contributed by atoms with Crippen LogP contribution in [-0.2, 0) is 0 Å². The van der Waals surface area contributed by atoms with Gasteiger partial charge in [0.25, 0.3) is 0 Å². The van der Waals surface area contributed by atoms with Crippen LogP contribution in [0.3, 0.4) is 0 Å². The number of rotatable bonds is 5. The number of ether oxygens (including phenoxy) is 2. The van der Waals surface area contributed by atoms with E-state index in [0.717, 1.165) is 33.5 Å². The molecule has 1 atom stereocenters. The summed E-state index contributed by atoms with van der Waals surface area (Å²) in [6.07, 6.45) is -0.373. The summed E-state index contributed by atoms with van der Waals surface area (Å²) in [5.74, 6) is 0.626. The van der Waals surface area contributed by atoms with E-state index in [1.165, 1.54) is 0 Å². The van der Waals surface area contributed by atoms with Crippen molar-refractivity contribution in [1.82, 2.24) is 0 Å². The molecule has 0 bridgehead atoms. The second-order valence-corrected chi connectivity index (χ2v) is 7.51. The van der Waals surface area contributed by atoms with E-state index >= 15 is 0 Å². The molecule has 32 heavy (non-hydrogen) atoms. The highest BCUT2D eigenvalue weighted by Crippen LogP contribution is 2.50. The molecule has 0 aliphatic carbocycles. The van der Waals surface area contributed by atoms with Gasteiger partial charge in [0.15, 0.2) is 0 Å². The molecule has 1 heterocycles. The van der Waals surface area contributed by atoms with Gasteiger partial charge in [0.05, 0.1) is 5.56 Å². The van der Waals surface area contributed by atoms with Gasteiger partial charge in [-0.05, 0) is 41.0 Å². The maximum atomic E-state index is 13.1. The zero-order valence-corrected chi connectivity index (χ0v) is 17.4. The third-order valence-electron chi connectivity index (χ3n) is 5.66. The molecule has 1 aliphatic rings. The summed E-state index contributed by atoms with van der Waals surface area (Å²) in [5, 5.41) is 3.23. The summed E-state index contributed by atoms with van der Waals surface area (Å²) in [4.78, 5) is 0. The van der Waals surface area contributed by atoms with Crippen LogP contribution in [0.1, 0.15) is 17.2 Å². The molecule has 0 saturated heterocycles. The number of halogens is 2. The number of alkyl halides is 2. The summed E-state index contributed by atoms with van der Waals surface area (Å²) in [6.45, 7) is -2.92. The van der Waals surface area contributed by atoms with Crippen molar-refractivity contribution in [3.8, 4) is 33.8 Å². The summed E-state index contributed by atoms with van der Waals surface area (Å²) < 4.78 is 37.4. The van der Waals surface area contributed by atoms with Crippen LogP contribution in [0.15, 0.2) is 91.0 Å². The Balaban J connectivity index is 1.73. The molecule has 4 aromatic rings. The number of fused-ring (bicyclic) bond motifs is 3. The van der Waals surface area contributed by atoms with E-state index in [1.54, 1.807) is 18.2 Å². The van der Waals surface area contributed by atoms with Crippen LogP contribution in [0.25, 0.3) is 22.3 Å². The van der Waals surface area contributed by atoms with Crippen molar-refractivity contribution in [2.45, 2.75) is 12.7 Å². The summed E-state index contributed by atoms with van der Waals surface area (Å²) in [7, 11) is 1.89. The first-order valence-electron chi connectivity index (χ1n) is 10.4. The number of para-hydroxylation sites is 1. The van der Waals surface area contributed by atoms with Crippen LogP contribution in [-0.4, -0.2) is 13.7 Å². The molecule has 5 rings (SSSR count). The predicted molar refractivity (Wildman–Crippen MR) is 122 cm³/mol. The van der Waals surface area contributed by atoms with Crippen LogP contribution in [0, 0.1) is 0 Å². The highest BCUT2D eigenvalue weighted by atomic mass is 19.3. The van der Waals surface area contributed by atoms with E-state index in [9.17, 15) is 8.78 Å². The standard InChI is InChI=1S/C27H21F2NO2/c1-30-22-11-6-5-10-19(22)18-14-15-20-21(16-18)26(17-8-3-2-4-9-17)31-23-12-7-13-24(25(20)23)32-27(28)29/h2-16,26-27,30H,1H3. The van der Waals surface area contributed by atoms with Crippen molar-refractivity contribution in [2.24, 2.45) is 0 Å². The lowest BCUT2D eigenvalue weighted by Crippen LogP contribution is -2.16. The number of nitrogens with one attached hydrogen (secondary N) is 1. The van der Waals surface area contributed by atoms with Gasteiger partial charge in [-0.1, -0.05) is 66.7 Å². The van der Waals surface area contributed by atoms with Gasteiger partial charge in [-0.3, -0.25) is 0 Å². The quantitative estimate of drug-likeness (QED) is 0.366. The van der Waals surface area contributed by atoms with Crippen LogP contribution in [0.5, 0.6) is 11.5 Å². The molecule has 0 spiro atoms. The second kappa shape index (κ2) is 8.35. The lowest BCUT2D eigenvalue weighted by Gasteiger charge is -2.31. The Bertz CT molecular complexity index is 1260. The number of hydrogen-bond acceptors (Lipinski definition) is 3. The molecular formula is C27H21F2NO2. The van der Waals surface area contributed by atoms with Crippen molar-refractivity contribution < 1.29 is 18.3 Å². The van der Waals surface area contributed by atoms with E-state index < -0.39 is 6.61 Å². The Kier molecular flexibility index (Phi) is 5.23. The second-order valence-electron chi connectivity index (χ2n) is 7.51. The highest BCUT2D eigenvalue weighted by Gasteiger charge is 2.30. The number of benzene rings is 4. The molecule has 4 aromatic carbocycles. The van der Waals surface area contributed by atoms with Crippen LogP contribution >= 0.6 is 0 Å². The molecule has 3 nitrogen and oxygen atoms in total. The summed E-state index contributed by atoms with van der Waals surface area (Å²) in [5.41, 5.74) is 6.31. The van der Waals surface area contributed by atoms with Crippen molar-refractivity contribution in [3.63, 3.8) is 0 Å².